The number of aliphatic hydroxyl groups excluding tert-OH is 1. The topological polar surface area (TPSA) is 90.7 Å². The third kappa shape index (κ3) is 9.98. The Bertz CT molecular complexity index is 835. The van der Waals surface area contributed by atoms with E-state index in [4.69, 9.17) is 0 Å². The number of aliphatic hydroxyl groups is 1. The number of aryl methyl sites for hydroxylation is 1. The highest BCUT2D eigenvalue weighted by atomic mass is 79.9. The van der Waals surface area contributed by atoms with Crippen molar-refractivity contribution in [2.45, 2.75) is 31.5 Å². The zero-order valence-corrected chi connectivity index (χ0v) is 21.4. The molecule has 1 heterocycles. The van der Waals surface area contributed by atoms with Crippen LogP contribution in [0, 0.1) is 17.0 Å². The van der Waals surface area contributed by atoms with Crippen molar-refractivity contribution in [1.29, 1.82) is 0 Å². The predicted octanol–water partition coefficient (Wildman–Crippen LogP) is 3.63. The van der Waals surface area contributed by atoms with Crippen LogP contribution in [0.4, 0.5) is 0 Å². The molecule has 2 unspecified atom stereocenters. The molecule has 0 aliphatic rings. The van der Waals surface area contributed by atoms with Crippen molar-refractivity contribution >= 4 is 39.0 Å². The summed E-state index contributed by atoms with van der Waals surface area (Å²) in [6.45, 7) is 3.76. The van der Waals surface area contributed by atoms with Crippen LogP contribution >= 0.6 is 39.0 Å². The van der Waals surface area contributed by atoms with Crippen molar-refractivity contribution in [1.82, 2.24) is 15.5 Å². The summed E-state index contributed by atoms with van der Waals surface area (Å²) in [5, 5.41) is 27.6. The molecule has 0 amide bonds. The number of nitro groups is 1. The fraction of sp³-hybridized carbons (Fsp3) is 0.524. The Hall–Kier alpha value is -1.01. The van der Waals surface area contributed by atoms with Crippen LogP contribution in [0.3, 0.4) is 0 Å². The smallest absolute Gasteiger partial charge is 0.231 e. The number of rotatable bonds is 14. The number of thiophene rings is 1. The molecule has 2 aromatic rings. The molecule has 0 aliphatic carbocycles. The van der Waals surface area contributed by atoms with Crippen LogP contribution in [0.1, 0.15) is 27.0 Å². The Balaban J connectivity index is 1.74. The van der Waals surface area contributed by atoms with Crippen LogP contribution in [0.2, 0.25) is 0 Å². The first kappa shape index (κ1) is 26.2. The van der Waals surface area contributed by atoms with E-state index >= 15 is 0 Å². The first-order valence-electron chi connectivity index (χ1n) is 10.1. The summed E-state index contributed by atoms with van der Waals surface area (Å²) in [4.78, 5) is 15.6. The monoisotopic (exact) mass is 530 g/mol. The maximum atomic E-state index is 11.0. The Labute approximate surface area is 200 Å². The van der Waals surface area contributed by atoms with Crippen molar-refractivity contribution in [2.75, 3.05) is 39.5 Å². The first-order valence-corrected chi connectivity index (χ1v) is 12.8. The number of halogens is 1. The molecule has 0 bridgehead atoms. The number of hydrogen-bond donors (Lipinski definition) is 3. The summed E-state index contributed by atoms with van der Waals surface area (Å²) >= 11 is 7.06. The Morgan fingerprint density at radius 2 is 2.10 bits per heavy atom. The van der Waals surface area contributed by atoms with Gasteiger partial charge in [-0.25, -0.2) is 0 Å². The van der Waals surface area contributed by atoms with Crippen molar-refractivity contribution in [3.05, 3.63) is 65.8 Å². The lowest BCUT2D eigenvalue weighted by Crippen LogP contribution is -2.49. The van der Waals surface area contributed by atoms with E-state index in [9.17, 15) is 15.2 Å². The van der Waals surface area contributed by atoms with Gasteiger partial charge >= 0.3 is 0 Å². The third-order valence-electron chi connectivity index (χ3n) is 4.54. The van der Waals surface area contributed by atoms with Crippen LogP contribution < -0.4 is 10.6 Å². The van der Waals surface area contributed by atoms with Gasteiger partial charge in [0, 0.05) is 50.3 Å². The lowest BCUT2D eigenvalue weighted by Gasteiger charge is -2.19. The Morgan fingerprint density at radius 3 is 2.77 bits per heavy atom. The third-order valence-corrected chi connectivity index (χ3v) is 7.44. The molecule has 172 valence electrons. The summed E-state index contributed by atoms with van der Waals surface area (Å²) < 4.78 is 0.885. The summed E-state index contributed by atoms with van der Waals surface area (Å²) in [5.74, 6) is 1.79. The molecule has 0 fully saturated rings. The number of nitrogens with one attached hydrogen (secondary N) is 2. The van der Waals surface area contributed by atoms with Crippen LogP contribution in [0.25, 0.3) is 0 Å². The number of nitrogens with zero attached hydrogens (tertiary/aromatic N) is 2. The molecule has 0 saturated carbocycles. The van der Waals surface area contributed by atoms with Gasteiger partial charge in [0.1, 0.15) is 6.17 Å². The van der Waals surface area contributed by atoms with Crippen molar-refractivity contribution < 1.29 is 10.0 Å². The highest BCUT2D eigenvalue weighted by Gasteiger charge is 2.17. The summed E-state index contributed by atoms with van der Waals surface area (Å²) in [5.41, 5.74) is 2.10. The van der Waals surface area contributed by atoms with Crippen LogP contribution in [-0.2, 0) is 12.3 Å². The van der Waals surface area contributed by atoms with Gasteiger partial charge in [-0.05, 0) is 50.3 Å². The quantitative estimate of drug-likeness (QED) is 0.149. The lowest BCUT2D eigenvalue weighted by atomic mass is 10.1. The molecule has 0 spiro atoms. The zero-order valence-electron chi connectivity index (χ0n) is 18.1. The highest BCUT2D eigenvalue weighted by molar-refractivity contribution is 9.10. The molecule has 0 saturated heterocycles. The molecule has 2 atom stereocenters. The molecule has 2 rings (SSSR count). The van der Waals surface area contributed by atoms with Crippen LogP contribution in [0.5, 0.6) is 0 Å². The van der Waals surface area contributed by atoms with Gasteiger partial charge in [-0.2, -0.15) is 11.8 Å². The Morgan fingerprint density at radius 1 is 1.32 bits per heavy atom. The summed E-state index contributed by atoms with van der Waals surface area (Å²) in [7, 11) is 4.15. The van der Waals surface area contributed by atoms with Crippen molar-refractivity contribution in [3.63, 3.8) is 0 Å². The van der Waals surface area contributed by atoms with E-state index in [1.54, 1.807) is 0 Å². The number of benzene rings is 1. The second-order valence-corrected chi connectivity index (χ2v) is 10.9. The average molecular weight is 532 g/mol. The van der Waals surface area contributed by atoms with Gasteiger partial charge in [-0.3, -0.25) is 20.7 Å². The van der Waals surface area contributed by atoms with Gasteiger partial charge in [-0.15, -0.1) is 11.3 Å². The fourth-order valence-electron chi connectivity index (χ4n) is 3.02. The minimum Gasteiger partial charge on any atom is -0.387 e. The van der Waals surface area contributed by atoms with Crippen molar-refractivity contribution in [3.8, 4) is 0 Å². The van der Waals surface area contributed by atoms with E-state index in [1.807, 2.05) is 47.4 Å². The molecular weight excluding hydrogens is 500 g/mol. The molecule has 3 N–H and O–H groups in total. The molecule has 31 heavy (non-hydrogen) atoms. The van der Waals surface area contributed by atoms with Crippen LogP contribution in [0.15, 0.2) is 34.8 Å². The fourth-order valence-corrected chi connectivity index (χ4v) is 5.71. The molecule has 0 radical (unpaired) electrons. The summed E-state index contributed by atoms with van der Waals surface area (Å²) in [6.07, 6.45) is -1.23. The van der Waals surface area contributed by atoms with Crippen molar-refractivity contribution in [2.24, 2.45) is 0 Å². The van der Waals surface area contributed by atoms with Gasteiger partial charge in [0.15, 0.2) is 0 Å². The Kier molecular flexibility index (Phi) is 11.4. The molecule has 1 aromatic heterocycles. The predicted molar refractivity (Wildman–Crippen MR) is 133 cm³/mol. The van der Waals surface area contributed by atoms with Gasteiger partial charge in [0.05, 0.1) is 6.10 Å². The van der Waals surface area contributed by atoms with E-state index < -0.39 is 12.3 Å². The SMILES string of the molecule is Cc1cc(CSCCNC(C[N+](=O)[O-])NCC(O)c2cccc(Br)c2)sc1CN(C)C. The largest absolute Gasteiger partial charge is 0.387 e. The van der Waals surface area contributed by atoms with Gasteiger partial charge in [0.2, 0.25) is 6.54 Å². The van der Waals surface area contributed by atoms with Gasteiger partial charge in [-0.1, -0.05) is 28.1 Å². The maximum Gasteiger partial charge on any atom is 0.231 e. The molecule has 7 nitrogen and oxygen atoms in total. The maximum absolute atomic E-state index is 11.0. The van der Waals surface area contributed by atoms with Gasteiger partial charge < -0.3 is 10.0 Å². The van der Waals surface area contributed by atoms with E-state index in [0.717, 1.165) is 28.1 Å². The second kappa shape index (κ2) is 13.5. The number of hydrogen-bond acceptors (Lipinski definition) is 8. The van der Waals surface area contributed by atoms with E-state index in [1.165, 1.54) is 15.3 Å². The van der Waals surface area contributed by atoms with Crippen LogP contribution in [-0.4, -0.2) is 60.6 Å². The standard InChI is InChI=1S/C21H31BrN4O3S2/c1-15-9-18(31-20(15)12-25(2)3)14-30-8-7-23-21(13-26(28)29)24-11-19(27)16-5-4-6-17(22)10-16/h4-6,9-10,19,21,23-24,27H,7-8,11-14H2,1-3H3. The first-order chi connectivity index (χ1) is 14.7. The molecule has 10 heteroatoms. The number of thioether (sulfide) groups is 1. The average Bonchev–Trinajstić information content (AvgIpc) is 3.03. The molecule has 0 aliphatic heterocycles. The second-order valence-electron chi connectivity index (χ2n) is 7.61. The zero-order chi connectivity index (χ0) is 22.8. The molecular formula is C21H31BrN4O3S2. The summed E-state index contributed by atoms with van der Waals surface area (Å²) in [6, 6.07) is 9.67. The normalized spacial score (nSPS) is 13.5. The minimum absolute atomic E-state index is 0.234. The molecule has 1 aromatic carbocycles. The van der Waals surface area contributed by atoms with E-state index in [2.05, 4.69) is 58.5 Å². The lowest BCUT2D eigenvalue weighted by molar-refractivity contribution is -0.484. The minimum atomic E-state index is -0.735. The van der Waals surface area contributed by atoms with Gasteiger partial charge in [0.25, 0.3) is 0 Å². The highest BCUT2D eigenvalue weighted by Crippen LogP contribution is 2.26. The van der Waals surface area contributed by atoms with E-state index in [-0.39, 0.29) is 18.0 Å². The van der Waals surface area contributed by atoms with E-state index in [0.29, 0.717) is 6.54 Å².